The van der Waals surface area contributed by atoms with Crippen LogP contribution in [0.2, 0.25) is 0 Å². The van der Waals surface area contributed by atoms with E-state index >= 15 is 0 Å². The van der Waals surface area contributed by atoms with Gasteiger partial charge in [0.2, 0.25) is 10.0 Å². The van der Waals surface area contributed by atoms with E-state index in [0.717, 1.165) is 9.26 Å². The molecule has 0 saturated heterocycles. The Labute approximate surface area is 125 Å². The van der Waals surface area contributed by atoms with Gasteiger partial charge in [0.05, 0.1) is 22.0 Å². The zero-order valence-corrected chi connectivity index (χ0v) is 12.8. The van der Waals surface area contributed by atoms with Gasteiger partial charge in [0.1, 0.15) is 0 Å². The second kappa shape index (κ2) is 5.35. The van der Waals surface area contributed by atoms with E-state index in [-0.39, 0.29) is 4.90 Å². The quantitative estimate of drug-likeness (QED) is 0.554. The van der Waals surface area contributed by atoms with Gasteiger partial charge in [-0.25, -0.2) is 13.6 Å². The molecule has 2 aromatic rings. The van der Waals surface area contributed by atoms with Gasteiger partial charge in [-0.15, -0.1) is 0 Å². The molecule has 0 fully saturated rings. The molecule has 0 aromatic heterocycles. The van der Waals surface area contributed by atoms with E-state index in [1.807, 2.05) is 24.3 Å². The van der Waals surface area contributed by atoms with E-state index in [9.17, 15) is 8.42 Å². The van der Waals surface area contributed by atoms with Crippen molar-refractivity contribution in [3.05, 3.63) is 46.0 Å². The van der Waals surface area contributed by atoms with Crippen molar-refractivity contribution in [3.8, 4) is 0 Å². The smallest absolute Gasteiger partial charge is 0.238 e. The lowest BCUT2D eigenvalue weighted by atomic mass is 10.2. The molecule has 0 aliphatic carbocycles. The minimum absolute atomic E-state index is 0.00157. The second-order valence-corrected chi connectivity index (χ2v) is 6.62. The van der Waals surface area contributed by atoms with Gasteiger partial charge in [-0.1, -0.05) is 12.1 Å². The van der Waals surface area contributed by atoms with Gasteiger partial charge in [-0.05, 0) is 52.9 Å². The van der Waals surface area contributed by atoms with Crippen LogP contribution in [0.3, 0.4) is 0 Å². The zero-order valence-electron chi connectivity index (χ0n) is 9.80. The summed E-state index contributed by atoms with van der Waals surface area (Å²) in [4.78, 5) is -0.00157. The van der Waals surface area contributed by atoms with Crippen LogP contribution in [0.25, 0.3) is 0 Å². The first-order chi connectivity index (χ1) is 8.88. The number of para-hydroxylation sites is 1. The Morgan fingerprint density at radius 3 is 2.32 bits per heavy atom. The number of halogens is 1. The summed E-state index contributed by atoms with van der Waals surface area (Å²) >= 11 is 2.20. The number of rotatable bonds is 3. The Hall–Kier alpha value is -1.32. The largest absolute Gasteiger partial charge is 0.397 e. The molecule has 0 spiro atoms. The van der Waals surface area contributed by atoms with Crippen molar-refractivity contribution in [2.75, 3.05) is 11.1 Å². The molecule has 0 unspecified atom stereocenters. The van der Waals surface area contributed by atoms with Crippen molar-refractivity contribution in [2.45, 2.75) is 4.90 Å². The molecule has 100 valence electrons. The molecular weight excluding hydrogens is 377 g/mol. The summed E-state index contributed by atoms with van der Waals surface area (Å²) in [5.74, 6) is 0. The highest BCUT2D eigenvalue weighted by Crippen LogP contribution is 2.27. The zero-order chi connectivity index (χ0) is 14.0. The third-order valence-corrected chi connectivity index (χ3v) is 4.35. The number of primary sulfonamides is 1. The number of anilines is 3. The van der Waals surface area contributed by atoms with Crippen LogP contribution in [0.4, 0.5) is 17.1 Å². The third-order valence-electron chi connectivity index (χ3n) is 2.49. The van der Waals surface area contributed by atoms with Crippen molar-refractivity contribution in [2.24, 2.45) is 5.14 Å². The summed E-state index contributed by atoms with van der Waals surface area (Å²) in [5, 5.41) is 8.20. The number of sulfonamides is 1. The molecule has 0 heterocycles. The fourth-order valence-electron chi connectivity index (χ4n) is 1.54. The van der Waals surface area contributed by atoms with Crippen LogP contribution >= 0.6 is 22.6 Å². The molecule has 2 aromatic carbocycles. The Morgan fingerprint density at radius 1 is 1.05 bits per heavy atom. The molecule has 0 atom stereocenters. The van der Waals surface area contributed by atoms with Crippen molar-refractivity contribution in [1.29, 1.82) is 0 Å². The number of nitrogens with two attached hydrogens (primary N) is 2. The van der Waals surface area contributed by atoms with Gasteiger partial charge < -0.3 is 11.1 Å². The number of nitrogen functional groups attached to an aromatic ring is 1. The molecule has 0 bridgehead atoms. The molecule has 0 aliphatic rings. The van der Waals surface area contributed by atoms with Gasteiger partial charge >= 0.3 is 0 Å². The highest BCUT2D eigenvalue weighted by molar-refractivity contribution is 14.1. The van der Waals surface area contributed by atoms with E-state index in [0.29, 0.717) is 11.4 Å². The number of nitrogens with one attached hydrogen (secondary N) is 1. The van der Waals surface area contributed by atoms with Crippen LogP contribution < -0.4 is 16.2 Å². The molecule has 0 aliphatic heterocycles. The van der Waals surface area contributed by atoms with E-state index in [1.54, 1.807) is 6.07 Å². The number of hydrogen-bond donors (Lipinski definition) is 3. The molecule has 0 radical (unpaired) electrons. The van der Waals surface area contributed by atoms with Crippen molar-refractivity contribution >= 4 is 49.7 Å². The maximum Gasteiger partial charge on any atom is 0.238 e. The van der Waals surface area contributed by atoms with Gasteiger partial charge in [0.25, 0.3) is 0 Å². The lowest BCUT2D eigenvalue weighted by molar-refractivity contribution is 0.598. The predicted octanol–water partition coefficient (Wildman–Crippen LogP) is 2.26. The van der Waals surface area contributed by atoms with Crippen molar-refractivity contribution in [3.63, 3.8) is 0 Å². The fourth-order valence-corrected chi connectivity index (χ4v) is 2.61. The van der Waals surface area contributed by atoms with Crippen molar-refractivity contribution in [1.82, 2.24) is 0 Å². The Balaban J connectivity index is 2.36. The van der Waals surface area contributed by atoms with Gasteiger partial charge in [-0.2, -0.15) is 0 Å². The Morgan fingerprint density at radius 2 is 1.74 bits per heavy atom. The minimum atomic E-state index is -3.73. The highest BCUT2D eigenvalue weighted by atomic mass is 127. The Kier molecular flexibility index (Phi) is 3.97. The van der Waals surface area contributed by atoms with Crippen LogP contribution in [0.15, 0.2) is 47.4 Å². The highest BCUT2D eigenvalue weighted by Gasteiger charge is 2.10. The van der Waals surface area contributed by atoms with Crippen LogP contribution in [-0.2, 0) is 10.0 Å². The molecular formula is C12H12IN3O2S. The third kappa shape index (κ3) is 3.37. The van der Waals surface area contributed by atoms with Crippen molar-refractivity contribution < 1.29 is 8.42 Å². The van der Waals surface area contributed by atoms with E-state index < -0.39 is 10.0 Å². The fraction of sp³-hybridized carbons (Fsp3) is 0. The predicted molar refractivity (Wildman–Crippen MR) is 84.7 cm³/mol. The maximum atomic E-state index is 11.2. The monoisotopic (exact) mass is 389 g/mol. The molecule has 2 rings (SSSR count). The average molecular weight is 389 g/mol. The topological polar surface area (TPSA) is 98.2 Å². The number of benzene rings is 2. The van der Waals surface area contributed by atoms with Crippen LogP contribution in [0.1, 0.15) is 0 Å². The Bertz CT molecular complexity index is 717. The molecule has 19 heavy (non-hydrogen) atoms. The van der Waals surface area contributed by atoms with Crippen LogP contribution in [-0.4, -0.2) is 8.42 Å². The maximum absolute atomic E-state index is 11.2. The first-order valence-electron chi connectivity index (χ1n) is 5.32. The summed E-state index contributed by atoms with van der Waals surface area (Å²) in [6.45, 7) is 0. The van der Waals surface area contributed by atoms with E-state index in [1.165, 1.54) is 12.1 Å². The summed E-state index contributed by atoms with van der Waals surface area (Å²) < 4.78 is 23.5. The van der Waals surface area contributed by atoms with Gasteiger partial charge in [-0.3, -0.25) is 0 Å². The summed E-state index contributed by atoms with van der Waals surface area (Å²) in [7, 11) is -3.73. The van der Waals surface area contributed by atoms with Gasteiger partial charge in [0.15, 0.2) is 0 Å². The summed E-state index contributed by atoms with van der Waals surface area (Å²) in [6, 6.07) is 12.1. The average Bonchev–Trinajstić information content (AvgIpc) is 2.33. The van der Waals surface area contributed by atoms with E-state index in [2.05, 4.69) is 27.9 Å². The van der Waals surface area contributed by atoms with Gasteiger partial charge in [0, 0.05) is 3.57 Å². The van der Waals surface area contributed by atoms with Crippen LogP contribution in [0.5, 0.6) is 0 Å². The molecule has 5 nitrogen and oxygen atoms in total. The summed E-state index contributed by atoms with van der Waals surface area (Å²) in [5.41, 5.74) is 7.69. The first kappa shape index (κ1) is 14.1. The molecule has 7 heteroatoms. The first-order valence-corrected chi connectivity index (χ1v) is 7.94. The number of hydrogen-bond acceptors (Lipinski definition) is 4. The summed E-state index contributed by atoms with van der Waals surface area (Å²) in [6.07, 6.45) is 0. The van der Waals surface area contributed by atoms with E-state index in [4.69, 9.17) is 10.9 Å². The SMILES string of the molecule is Nc1cc(S(N)(=O)=O)ccc1Nc1ccccc1I. The van der Waals surface area contributed by atoms with Crippen LogP contribution in [0, 0.1) is 3.57 Å². The lowest BCUT2D eigenvalue weighted by Crippen LogP contribution is -2.12. The molecule has 0 amide bonds. The lowest BCUT2D eigenvalue weighted by Gasteiger charge is -2.11. The standard InChI is InChI=1S/C12H12IN3O2S/c13-9-3-1-2-4-11(9)16-12-6-5-8(7-10(12)14)19(15,17)18/h1-7,16H,14H2,(H2,15,17,18). The minimum Gasteiger partial charge on any atom is -0.397 e. The molecule has 0 saturated carbocycles. The molecule has 5 N–H and O–H groups in total. The second-order valence-electron chi connectivity index (χ2n) is 3.90. The normalized spacial score (nSPS) is 11.3.